The van der Waals surface area contributed by atoms with Crippen LogP contribution >= 0.6 is 11.6 Å². The van der Waals surface area contributed by atoms with E-state index >= 15 is 0 Å². The first-order valence-corrected chi connectivity index (χ1v) is 6.22. The van der Waals surface area contributed by atoms with Crippen LogP contribution in [0.5, 0.6) is 0 Å². The van der Waals surface area contributed by atoms with Crippen molar-refractivity contribution in [1.29, 1.82) is 0 Å². The van der Waals surface area contributed by atoms with Crippen molar-refractivity contribution in [3.63, 3.8) is 0 Å². The maximum absolute atomic E-state index is 10.8. The molecule has 1 aromatic rings. The lowest BCUT2D eigenvalue weighted by atomic mass is 10.1. The van der Waals surface area contributed by atoms with E-state index in [1.54, 1.807) is 12.1 Å². The molecule has 0 aliphatic heterocycles. The molecule has 0 amide bonds. The van der Waals surface area contributed by atoms with Gasteiger partial charge in [0.15, 0.2) is 0 Å². The van der Waals surface area contributed by atoms with Crippen LogP contribution in [0.3, 0.4) is 0 Å². The number of hydrogen-bond acceptors (Lipinski definition) is 2. The van der Waals surface area contributed by atoms with E-state index in [1.165, 1.54) is 18.9 Å². The Morgan fingerprint density at radius 1 is 1.59 bits per heavy atom. The van der Waals surface area contributed by atoms with Crippen LogP contribution in [0.1, 0.15) is 30.1 Å². The lowest BCUT2D eigenvalue weighted by molar-refractivity contribution is 0.0697. The fourth-order valence-electron chi connectivity index (χ4n) is 1.91. The first-order chi connectivity index (χ1) is 8.08. The molecule has 1 unspecified atom stereocenters. The lowest BCUT2D eigenvalue weighted by Gasteiger charge is -2.13. The summed E-state index contributed by atoms with van der Waals surface area (Å²) in [4.78, 5) is 10.8. The summed E-state index contributed by atoms with van der Waals surface area (Å²) in [6, 6.07) is 4.97. The van der Waals surface area contributed by atoms with Crippen LogP contribution in [0.25, 0.3) is 0 Å². The lowest BCUT2D eigenvalue weighted by Crippen LogP contribution is -2.13. The zero-order chi connectivity index (χ0) is 12.4. The van der Waals surface area contributed by atoms with E-state index in [2.05, 4.69) is 12.2 Å². The van der Waals surface area contributed by atoms with Crippen molar-refractivity contribution in [2.75, 3.05) is 11.9 Å². The van der Waals surface area contributed by atoms with Crippen molar-refractivity contribution < 1.29 is 9.90 Å². The number of rotatable bonds is 5. The van der Waals surface area contributed by atoms with Gasteiger partial charge in [0.2, 0.25) is 0 Å². The number of benzene rings is 1. The van der Waals surface area contributed by atoms with Gasteiger partial charge in [-0.15, -0.1) is 0 Å². The van der Waals surface area contributed by atoms with Crippen molar-refractivity contribution in [3.8, 4) is 0 Å². The molecule has 0 heterocycles. The van der Waals surface area contributed by atoms with Gasteiger partial charge in [-0.3, -0.25) is 0 Å². The molecule has 0 radical (unpaired) electrons. The molecule has 2 N–H and O–H groups in total. The zero-order valence-electron chi connectivity index (χ0n) is 9.74. The molecular formula is C13H16ClNO2. The van der Waals surface area contributed by atoms with E-state index in [4.69, 9.17) is 16.7 Å². The average Bonchev–Trinajstić information content (AvgIpc) is 3.09. The van der Waals surface area contributed by atoms with Gasteiger partial charge in [-0.2, -0.15) is 0 Å². The molecule has 0 aromatic heterocycles. The number of carboxylic acid groups (broad SMARTS) is 1. The Morgan fingerprint density at radius 2 is 2.29 bits per heavy atom. The summed E-state index contributed by atoms with van der Waals surface area (Å²) in [6.45, 7) is 3.14. The van der Waals surface area contributed by atoms with Gasteiger partial charge in [0.1, 0.15) is 0 Å². The molecule has 1 aromatic carbocycles. The van der Waals surface area contributed by atoms with Crippen molar-refractivity contribution >= 4 is 23.3 Å². The second-order valence-electron chi connectivity index (χ2n) is 4.70. The molecule has 1 aliphatic rings. The highest BCUT2D eigenvalue weighted by molar-refractivity contribution is 6.33. The Kier molecular flexibility index (Phi) is 3.57. The van der Waals surface area contributed by atoms with Gasteiger partial charge >= 0.3 is 5.97 Å². The minimum absolute atomic E-state index is 0.146. The summed E-state index contributed by atoms with van der Waals surface area (Å²) in [5, 5.41) is 12.4. The Bertz CT molecular complexity index is 429. The molecule has 0 spiro atoms. The highest BCUT2D eigenvalue weighted by Crippen LogP contribution is 2.36. The third-order valence-electron chi connectivity index (χ3n) is 3.25. The van der Waals surface area contributed by atoms with Crippen LogP contribution in [0.15, 0.2) is 18.2 Å². The molecule has 4 heteroatoms. The Labute approximate surface area is 106 Å². The topological polar surface area (TPSA) is 49.3 Å². The predicted molar refractivity (Wildman–Crippen MR) is 68.8 cm³/mol. The highest BCUT2D eigenvalue weighted by Gasteiger charge is 2.27. The number of nitrogens with one attached hydrogen (secondary N) is 1. The number of carboxylic acids is 1. The molecule has 92 valence electrons. The van der Waals surface area contributed by atoms with Gasteiger partial charge in [-0.25, -0.2) is 4.79 Å². The van der Waals surface area contributed by atoms with Gasteiger partial charge < -0.3 is 10.4 Å². The average molecular weight is 254 g/mol. The Hall–Kier alpha value is -1.22. The number of anilines is 1. The van der Waals surface area contributed by atoms with Gasteiger partial charge in [0.05, 0.1) is 10.6 Å². The van der Waals surface area contributed by atoms with E-state index in [0.29, 0.717) is 5.92 Å². The first-order valence-electron chi connectivity index (χ1n) is 5.84. The third-order valence-corrected chi connectivity index (χ3v) is 3.57. The maximum Gasteiger partial charge on any atom is 0.337 e. The maximum atomic E-state index is 10.8. The summed E-state index contributed by atoms with van der Waals surface area (Å²) in [6.07, 6.45) is 2.67. The summed E-state index contributed by atoms with van der Waals surface area (Å²) in [7, 11) is 0. The SMILES string of the molecule is CC(CNc1ccc(C(=O)O)c(Cl)c1)C1CC1. The van der Waals surface area contributed by atoms with Crippen molar-refractivity contribution in [2.45, 2.75) is 19.8 Å². The molecule has 2 rings (SSSR count). The van der Waals surface area contributed by atoms with E-state index < -0.39 is 5.97 Å². The molecule has 0 saturated heterocycles. The van der Waals surface area contributed by atoms with Crippen LogP contribution in [0.2, 0.25) is 5.02 Å². The second kappa shape index (κ2) is 4.96. The fraction of sp³-hybridized carbons (Fsp3) is 0.462. The standard InChI is InChI=1S/C13H16ClNO2/c1-8(9-2-3-9)7-15-10-4-5-11(13(16)17)12(14)6-10/h4-6,8-9,15H,2-3,7H2,1H3,(H,16,17). The van der Waals surface area contributed by atoms with Gasteiger partial charge in [-0.05, 0) is 42.9 Å². The quantitative estimate of drug-likeness (QED) is 0.844. The van der Waals surface area contributed by atoms with Crippen molar-refractivity contribution in [1.82, 2.24) is 0 Å². The number of halogens is 1. The minimum atomic E-state index is -0.993. The van der Waals surface area contributed by atoms with Crippen molar-refractivity contribution in [2.24, 2.45) is 11.8 Å². The van der Waals surface area contributed by atoms with E-state index in [9.17, 15) is 4.79 Å². The molecule has 1 saturated carbocycles. The number of aromatic carboxylic acids is 1. The monoisotopic (exact) mass is 253 g/mol. The van der Waals surface area contributed by atoms with Crippen LogP contribution in [-0.4, -0.2) is 17.6 Å². The summed E-state index contributed by atoms with van der Waals surface area (Å²) < 4.78 is 0. The van der Waals surface area contributed by atoms with Crippen LogP contribution in [0, 0.1) is 11.8 Å². The molecule has 1 fully saturated rings. The summed E-state index contributed by atoms with van der Waals surface area (Å²) in [5.41, 5.74) is 1.03. The molecule has 1 atom stereocenters. The normalized spacial score (nSPS) is 16.6. The number of hydrogen-bond donors (Lipinski definition) is 2. The van der Waals surface area contributed by atoms with E-state index in [0.717, 1.165) is 18.2 Å². The van der Waals surface area contributed by atoms with Gasteiger partial charge in [0.25, 0.3) is 0 Å². The van der Waals surface area contributed by atoms with E-state index in [1.807, 2.05) is 0 Å². The Morgan fingerprint density at radius 3 is 2.82 bits per heavy atom. The Balaban J connectivity index is 1.97. The highest BCUT2D eigenvalue weighted by atomic mass is 35.5. The van der Waals surface area contributed by atoms with Crippen LogP contribution < -0.4 is 5.32 Å². The summed E-state index contributed by atoms with van der Waals surface area (Å²) in [5.74, 6) is 0.525. The fourth-order valence-corrected chi connectivity index (χ4v) is 2.17. The van der Waals surface area contributed by atoms with Crippen molar-refractivity contribution in [3.05, 3.63) is 28.8 Å². The summed E-state index contributed by atoms with van der Waals surface area (Å²) >= 11 is 5.89. The van der Waals surface area contributed by atoms with Crippen LogP contribution in [-0.2, 0) is 0 Å². The minimum Gasteiger partial charge on any atom is -0.478 e. The number of carbonyl (C=O) groups is 1. The molecule has 0 bridgehead atoms. The smallest absolute Gasteiger partial charge is 0.337 e. The third kappa shape index (κ3) is 3.13. The molecule has 17 heavy (non-hydrogen) atoms. The molecular weight excluding hydrogens is 238 g/mol. The molecule has 1 aliphatic carbocycles. The molecule has 3 nitrogen and oxygen atoms in total. The van der Waals surface area contributed by atoms with E-state index in [-0.39, 0.29) is 10.6 Å². The zero-order valence-corrected chi connectivity index (χ0v) is 10.5. The largest absolute Gasteiger partial charge is 0.478 e. The first kappa shape index (κ1) is 12.2. The van der Waals surface area contributed by atoms with Gasteiger partial charge in [-0.1, -0.05) is 18.5 Å². The van der Waals surface area contributed by atoms with Crippen LogP contribution in [0.4, 0.5) is 5.69 Å². The second-order valence-corrected chi connectivity index (χ2v) is 5.10. The van der Waals surface area contributed by atoms with Gasteiger partial charge in [0, 0.05) is 12.2 Å². The predicted octanol–water partition coefficient (Wildman–Crippen LogP) is 3.50.